The molecule has 1 aliphatic heterocycles. The van der Waals surface area contributed by atoms with Gasteiger partial charge >= 0.3 is 12.3 Å². The average molecular weight is 461 g/mol. The normalized spacial score (nSPS) is 15.4. The molecule has 0 saturated carbocycles. The van der Waals surface area contributed by atoms with Crippen LogP contribution in [0.3, 0.4) is 0 Å². The lowest BCUT2D eigenvalue weighted by molar-refractivity contribution is -0.187. The minimum absolute atomic E-state index is 0.0730. The Balaban J connectivity index is 2.05. The van der Waals surface area contributed by atoms with E-state index in [0.717, 1.165) is 4.90 Å². The summed E-state index contributed by atoms with van der Waals surface area (Å²) in [6, 6.07) is 7.76. The second-order valence-corrected chi connectivity index (χ2v) is 8.74. The van der Waals surface area contributed by atoms with Gasteiger partial charge in [-0.15, -0.1) is 0 Å². The van der Waals surface area contributed by atoms with Crippen LogP contribution in [0.15, 0.2) is 49.2 Å². The number of nitrogens with zero attached hydrogens (tertiary/aromatic N) is 2. The number of anilines is 1. The van der Waals surface area contributed by atoms with Gasteiger partial charge in [0, 0.05) is 12.7 Å². The number of alkyl carbamates (subject to hydrolysis) is 1. The molecule has 1 aliphatic rings. The molecule has 6 nitrogen and oxygen atoms in total. The van der Waals surface area contributed by atoms with Crippen molar-refractivity contribution in [3.8, 4) is 0 Å². The Labute approximate surface area is 190 Å². The highest BCUT2D eigenvalue weighted by Crippen LogP contribution is 2.40. The van der Waals surface area contributed by atoms with E-state index >= 15 is 0 Å². The number of hydrogen-bond donors (Lipinski definition) is 1. The van der Waals surface area contributed by atoms with Crippen LogP contribution in [0.25, 0.3) is 6.08 Å². The summed E-state index contributed by atoms with van der Waals surface area (Å²) in [5, 5.41) is 2.29. The Bertz CT molecular complexity index is 1050. The van der Waals surface area contributed by atoms with E-state index in [4.69, 9.17) is 4.74 Å². The fourth-order valence-electron chi connectivity index (χ4n) is 3.73. The van der Waals surface area contributed by atoms with Crippen molar-refractivity contribution < 1.29 is 27.5 Å². The van der Waals surface area contributed by atoms with E-state index in [1.165, 1.54) is 24.4 Å². The van der Waals surface area contributed by atoms with E-state index in [0.29, 0.717) is 17.5 Å². The number of rotatable bonds is 5. The Hall–Kier alpha value is -3.36. The summed E-state index contributed by atoms with van der Waals surface area (Å²) in [7, 11) is 0. The first-order valence-electron chi connectivity index (χ1n) is 10.4. The molecule has 2 amide bonds. The van der Waals surface area contributed by atoms with Gasteiger partial charge in [0.15, 0.2) is 5.92 Å². The maximum Gasteiger partial charge on any atom is 0.408 e. The first-order chi connectivity index (χ1) is 15.4. The minimum Gasteiger partial charge on any atom is -0.444 e. The standard InChI is InChI=1S/C24H26F3N3O3/c1-5-15-8-6-9-17(14-15)19(29-22(32)33-23(2,3)4)18(24(25,26)27)21(31)30-13-11-16-10-7-12-28-20(16)30/h5-10,12,14,18-19H,1,11,13H2,2-4H3,(H,29,32)/t18-,19+/m0/s1. The van der Waals surface area contributed by atoms with Gasteiger partial charge < -0.3 is 10.1 Å². The lowest BCUT2D eigenvalue weighted by atomic mass is 9.90. The third-order valence-corrected chi connectivity index (χ3v) is 5.12. The number of pyridine rings is 1. The number of carbonyl (C=O) groups excluding carboxylic acids is 2. The molecule has 0 saturated heterocycles. The van der Waals surface area contributed by atoms with Crippen LogP contribution in [0.2, 0.25) is 0 Å². The summed E-state index contributed by atoms with van der Waals surface area (Å²) < 4.78 is 48.5. The molecule has 0 aliphatic carbocycles. The Morgan fingerprint density at radius 2 is 1.94 bits per heavy atom. The largest absolute Gasteiger partial charge is 0.444 e. The van der Waals surface area contributed by atoms with Crippen molar-refractivity contribution in [2.24, 2.45) is 5.92 Å². The number of aromatic nitrogens is 1. The Morgan fingerprint density at radius 3 is 2.58 bits per heavy atom. The van der Waals surface area contributed by atoms with E-state index in [1.54, 1.807) is 45.0 Å². The fourth-order valence-corrected chi connectivity index (χ4v) is 3.73. The molecule has 2 heterocycles. The number of carbonyl (C=O) groups is 2. The third kappa shape index (κ3) is 5.71. The van der Waals surface area contributed by atoms with Gasteiger partial charge in [-0.1, -0.05) is 36.9 Å². The van der Waals surface area contributed by atoms with Crippen molar-refractivity contribution in [2.45, 2.75) is 45.0 Å². The monoisotopic (exact) mass is 461 g/mol. The number of ether oxygens (including phenoxy) is 1. The SMILES string of the molecule is C=Cc1cccc([C@@H](NC(=O)OC(C)(C)C)[C@@H](C(=O)N2CCc3cccnc32)C(F)(F)F)c1. The van der Waals surface area contributed by atoms with Crippen molar-refractivity contribution in [3.63, 3.8) is 0 Å². The second kappa shape index (κ2) is 9.25. The summed E-state index contributed by atoms with van der Waals surface area (Å²) in [4.78, 5) is 31.0. The summed E-state index contributed by atoms with van der Waals surface area (Å²) in [5.74, 6) is -3.55. The summed E-state index contributed by atoms with van der Waals surface area (Å²) in [5.41, 5.74) is 0.407. The van der Waals surface area contributed by atoms with Crippen LogP contribution in [0, 0.1) is 5.92 Å². The van der Waals surface area contributed by atoms with Gasteiger partial charge in [0.2, 0.25) is 5.91 Å². The topological polar surface area (TPSA) is 71.5 Å². The third-order valence-electron chi connectivity index (χ3n) is 5.12. The molecular weight excluding hydrogens is 435 g/mol. The quantitative estimate of drug-likeness (QED) is 0.676. The van der Waals surface area contributed by atoms with Crippen LogP contribution in [-0.4, -0.2) is 35.3 Å². The highest BCUT2D eigenvalue weighted by atomic mass is 19.4. The molecule has 0 bridgehead atoms. The molecule has 3 rings (SSSR count). The van der Waals surface area contributed by atoms with Crippen molar-refractivity contribution in [3.05, 3.63) is 65.9 Å². The maximum absolute atomic E-state index is 14.4. The average Bonchev–Trinajstić information content (AvgIpc) is 3.15. The number of hydrogen-bond acceptors (Lipinski definition) is 4. The van der Waals surface area contributed by atoms with Crippen molar-refractivity contribution >= 4 is 23.9 Å². The smallest absolute Gasteiger partial charge is 0.408 e. The Morgan fingerprint density at radius 1 is 1.21 bits per heavy atom. The van der Waals surface area contributed by atoms with Crippen LogP contribution < -0.4 is 10.2 Å². The highest BCUT2D eigenvalue weighted by Gasteiger charge is 2.53. The van der Waals surface area contributed by atoms with Crippen molar-refractivity contribution in [1.29, 1.82) is 0 Å². The first kappa shape index (κ1) is 24.3. The van der Waals surface area contributed by atoms with Crippen LogP contribution >= 0.6 is 0 Å². The Kier molecular flexibility index (Phi) is 6.81. The fraction of sp³-hybridized carbons (Fsp3) is 0.375. The van der Waals surface area contributed by atoms with E-state index in [-0.39, 0.29) is 17.9 Å². The summed E-state index contributed by atoms with van der Waals surface area (Å²) >= 11 is 0. The minimum atomic E-state index is -4.96. The number of benzene rings is 1. The molecule has 2 aromatic rings. The highest BCUT2D eigenvalue weighted by molar-refractivity contribution is 5.97. The molecule has 0 radical (unpaired) electrons. The number of amides is 2. The van der Waals surface area contributed by atoms with Gasteiger partial charge in [-0.05, 0) is 56.0 Å². The molecule has 2 atom stereocenters. The molecular formula is C24H26F3N3O3. The molecule has 9 heteroatoms. The van der Waals surface area contributed by atoms with E-state index < -0.39 is 35.7 Å². The molecule has 0 fully saturated rings. The van der Waals surface area contributed by atoms with Crippen LogP contribution in [0.5, 0.6) is 0 Å². The molecule has 176 valence electrons. The zero-order valence-electron chi connectivity index (χ0n) is 18.6. The van der Waals surface area contributed by atoms with Gasteiger partial charge in [0.1, 0.15) is 11.4 Å². The zero-order valence-corrected chi connectivity index (χ0v) is 18.6. The summed E-state index contributed by atoms with van der Waals surface area (Å²) in [6.45, 7) is 8.50. The first-order valence-corrected chi connectivity index (χ1v) is 10.4. The van der Waals surface area contributed by atoms with Gasteiger partial charge in [-0.2, -0.15) is 13.2 Å². The molecule has 1 aromatic heterocycles. The number of nitrogens with one attached hydrogen (secondary N) is 1. The number of alkyl halides is 3. The second-order valence-electron chi connectivity index (χ2n) is 8.74. The zero-order chi connectivity index (χ0) is 24.4. The molecule has 33 heavy (non-hydrogen) atoms. The predicted octanol–water partition coefficient (Wildman–Crippen LogP) is 5.06. The lowest BCUT2D eigenvalue weighted by Gasteiger charge is -2.32. The molecule has 0 spiro atoms. The number of halogens is 3. The van der Waals surface area contributed by atoms with Crippen molar-refractivity contribution in [2.75, 3.05) is 11.4 Å². The van der Waals surface area contributed by atoms with E-state index in [2.05, 4.69) is 16.9 Å². The number of fused-ring (bicyclic) bond motifs is 1. The predicted molar refractivity (Wildman–Crippen MR) is 118 cm³/mol. The van der Waals surface area contributed by atoms with Crippen LogP contribution in [-0.2, 0) is 16.0 Å². The van der Waals surface area contributed by atoms with Crippen LogP contribution in [0.1, 0.15) is 43.5 Å². The van der Waals surface area contributed by atoms with Crippen molar-refractivity contribution in [1.82, 2.24) is 10.3 Å². The van der Waals surface area contributed by atoms with E-state index in [9.17, 15) is 22.8 Å². The molecule has 1 N–H and O–H groups in total. The van der Waals surface area contributed by atoms with Gasteiger partial charge in [-0.3, -0.25) is 9.69 Å². The maximum atomic E-state index is 14.4. The van der Waals surface area contributed by atoms with Gasteiger partial charge in [0.25, 0.3) is 0 Å². The molecule has 1 aromatic carbocycles. The lowest BCUT2D eigenvalue weighted by Crippen LogP contribution is -2.50. The van der Waals surface area contributed by atoms with Gasteiger partial charge in [-0.25, -0.2) is 9.78 Å². The van der Waals surface area contributed by atoms with E-state index in [1.807, 2.05) is 0 Å². The molecule has 0 unspecified atom stereocenters. The summed E-state index contributed by atoms with van der Waals surface area (Å²) in [6.07, 6.45) is -2.72. The van der Waals surface area contributed by atoms with Gasteiger partial charge in [0.05, 0.1) is 6.04 Å². The van der Waals surface area contributed by atoms with Crippen LogP contribution in [0.4, 0.5) is 23.8 Å².